The lowest BCUT2D eigenvalue weighted by Gasteiger charge is -2.11. The monoisotopic (exact) mass is 363 g/mol. The van der Waals surface area contributed by atoms with Crippen LogP contribution in [0.4, 0.5) is 5.69 Å². The highest BCUT2D eigenvalue weighted by atomic mass is 16.2. The van der Waals surface area contributed by atoms with Gasteiger partial charge in [0.1, 0.15) is 0 Å². The molecule has 3 rings (SSSR count). The fourth-order valence-electron chi connectivity index (χ4n) is 2.44. The SMILES string of the molecule is CC(C)CNC(=O)c1ccccc1NC(=O)c1cn(-c2ccccc2)nn1. The standard InChI is InChI=1S/C20H21N5O2/c1-14(2)12-21-19(26)16-10-6-7-11-17(16)22-20(27)18-13-25(24-23-18)15-8-4-3-5-9-15/h3-11,13-14H,12H2,1-2H3,(H,21,26)(H,22,27). The summed E-state index contributed by atoms with van der Waals surface area (Å²) in [7, 11) is 0. The first-order valence-electron chi connectivity index (χ1n) is 8.71. The summed E-state index contributed by atoms with van der Waals surface area (Å²) in [6, 6.07) is 16.3. The molecule has 0 saturated heterocycles. The van der Waals surface area contributed by atoms with Crippen LogP contribution in [0.15, 0.2) is 60.8 Å². The highest BCUT2D eigenvalue weighted by Crippen LogP contribution is 2.16. The molecule has 2 N–H and O–H groups in total. The minimum atomic E-state index is -0.429. The van der Waals surface area contributed by atoms with Gasteiger partial charge in [-0.25, -0.2) is 4.68 Å². The lowest BCUT2D eigenvalue weighted by Crippen LogP contribution is -2.28. The van der Waals surface area contributed by atoms with Crippen molar-refractivity contribution in [1.29, 1.82) is 0 Å². The van der Waals surface area contributed by atoms with Gasteiger partial charge in [-0.15, -0.1) is 5.10 Å². The van der Waals surface area contributed by atoms with Crippen molar-refractivity contribution in [2.24, 2.45) is 5.92 Å². The molecule has 27 heavy (non-hydrogen) atoms. The van der Waals surface area contributed by atoms with Crippen molar-refractivity contribution in [3.8, 4) is 5.69 Å². The number of nitrogens with one attached hydrogen (secondary N) is 2. The third kappa shape index (κ3) is 4.58. The number of carbonyl (C=O) groups is 2. The van der Waals surface area contributed by atoms with Gasteiger partial charge in [-0.1, -0.05) is 49.4 Å². The quantitative estimate of drug-likeness (QED) is 0.705. The van der Waals surface area contributed by atoms with Gasteiger partial charge in [0.2, 0.25) is 0 Å². The lowest BCUT2D eigenvalue weighted by atomic mass is 10.1. The zero-order valence-corrected chi connectivity index (χ0v) is 15.2. The van der Waals surface area contributed by atoms with Crippen LogP contribution in [0.3, 0.4) is 0 Å². The van der Waals surface area contributed by atoms with Crippen LogP contribution < -0.4 is 10.6 Å². The van der Waals surface area contributed by atoms with Crippen molar-refractivity contribution in [2.45, 2.75) is 13.8 Å². The van der Waals surface area contributed by atoms with Crippen molar-refractivity contribution < 1.29 is 9.59 Å². The van der Waals surface area contributed by atoms with Crippen LogP contribution in [0.1, 0.15) is 34.7 Å². The van der Waals surface area contributed by atoms with Gasteiger partial charge in [-0.2, -0.15) is 0 Å². The second kappa shape index (κ2) is 8.27. The van der Waals surface area contributed by atoms with E-state index in [-0.39, 0.29) is 11.6 Å². The van der Waals surface area contributed by atoms with Gasteiger partial charge in [0.05, 0.1) is 23.1 Å². The van der Waals surface area contributed by atoms with Crippen molar-refractivity contribution in [2.75, 3.05) is 11.9 Å². The molecule has 2 aromatic carbocycles. The molecule has 0 radical (unpaired) electrons. The zero-order chi connectivity index (χ0) is 19.2. The summed E-state index contributed by atoms with van der Waals surface area (Å²) in [5.41, 5.74) is 1.80. The maximum Gasteiger partial charge on any atom is 0.277 e. The number of para-hydroxylation sites is 2. The molecule has 3 aromatic rings. The highest BCUT2D eigenvalue weighted by molar-refractivity contribution is 6.08. The van der Waals surface area contributed by atoms with Crippen LogP contribution in [0.2, 0.25) is 0 Å². The number of anilines is 1. The van der Waals surface area contributed by atoms with E-state index in [2.05, 4.69) is 20.9 Å². The average Bonchev–Trinajstić information content (AvgIpc) is 3.17. The Morgan fingerprint density at radius 1 is 1.00 bits per heavy atom. The zero-order valence-electron chi connectivity index (χ0n) is 15.2. The second-order valence-corrected chi connectivity index (χ2v) is 6.49. The summed E-state index contributed by atoms with van der Waals surface area (Å²) in [5.74, 6) is -0.322. The van der Waals surface area contributed by atoms with E-state index in [1.165, 1.54) is 4.68 Å². The molecule has 7 heteroatoms. The van der Waals surface area contributed by atoms with Gasteiger partial charge >= 0.3 is 0 Å². The van der Waals surface area contributed by atoms with Crippen LogP contribution in [0.25, 0.3) is 5.69 Å². The van der Waals surface area contributed by atoms with E-state index < -0.39 is 5.91 Å². The first-order chi connectivity index (χ1) is 13.0. The Morgan fingerprint density at radius 3 is 2.44 bits per heavy atom. The van der Waals surface area contributed by atoms with E-state index in [4.69, 9.17) is 0 Å². The Kier molecular flexibility index (Phi) is 5.61. The predicted molar refractivity (Wildman–Crippen MR) is 103 cm³/mol. The fraction of sp³-hybridized carbons (Fsp3) is 0.200. The Hall–Kier alpha value is -3.48. The van der Waals surface area contributed by atoms with Gasteiger partial charge < -0.3 is 10.6 Å². The van der Waals surface area contributed by atoms with Gasteiger partial charge in [0.15, 0.2) is 5.69 Å². The fourth-order valence-corrected chi connectivity index (χ4v) is 2.44. The molecular formula is C20H21N5O2. The molecule has 0 spiro atoms. The first kappa shape index (κ1) is 18.3. The molecule has 138 valence electrons. The summed E-state index contributed by atoms with van der Waals surface area (Å²) in [4.78, 5) is 24.9. The first-order valence-corrected chi connectivity index (χ1v) is 8.71. The van der Waals surface area contributed by atoms with Crippen molar-refractivity contribution >= 4 is 17.5 Å². The van der Waals surface area contributed by atoms with E-state index in [1.807, 2.05) is 44.2 Å². The van der Waals surface area contributed by atoms with Gasteiger partial charge in [0, 0.05) is 6.54 Å². The number of hydrogen-bond donors (Lipinski definition) is 2. The maximum absolute atomic E-state index is 12.5. The second-order valence-electron chi connectivity index (χ2n) is 6.49. The van der Waals surface area contributed by atoms with Crippen LogP contribution in [0.5, 0.6) is 0 Å². The van der Waals surface area contributed by atoms with Crippen LogP contribution in [-0.2, 0) is 0 Å². The Morgan fingerprint density at radius 2 is 1.70 bits per heavy atom. The Balaban J connectivity index is 1.75. The molecule has 0 aliphatic heterocycles. The van der Waals surface area contributed by atoms with Gasteiger partial charge in [-0.05, 0) is 30.2 Å². The van der Waals surface area contributed by atoms with E-state index in [0.717, 1.165) is 5.69 Å². The number of amides is 2. The molecule has 0 saturated carbocycles. The summed E-state index contributed by atoms with van der Waals surface area (Å²) >= 11 is 0. The third-order valence-corrected chi connectivity index (χ3v) is 3.84. The summed E-state index contributed by atoms with van der Waals surface area (Å²) in [6.45, 7) is 4.60. The van der Waals surface area contributed by atoms with E-state index in [9.17, 15) is 9.59 Å². The molecule has 0 aliphatic rings. The number of benzene rings is 2. The molecule has 0 bridgehead atoms. The number of nitrogens with zero attached hydrogens (tertiary/aromatic N) is 3. The largest absolute Gasteiger partial charge is 0.352 e. The minimum Gasteiger partial charge on any atom is -0.352 e. The van der Waals surface area contributed by atoms with Crippen LogP contribution in [-0.4, -0.2) is 33.4 Å². The van der Waals surface area contributed by atoms with Gasteiger partial charge in [-0.3, -0.25) is 9.59 Å². The molecule has 2 amide bonds. The summed E-state index contributed by atoms with van der Waals surface area (Å²) in [6.07, 6.45) is 1.55. The van der Waals surface area contributed by atoms with Crippen molar-refractivity contribution in [3.05, 3.63) is 72.1 Å². The molecular weight excluding hydrogens is 342 g/mol. The lowest BCUT2D eigenvalue weighted by molar-refractivity contribution is 0.0950. The molecule has 7 nitrogen and oxygen atoms in total. The molecule has 0 atom stereocenters. The van der Waals surface area contributed by atoms with Crippen LogP contribution in [0, 0.1) is 5.92 Å². The van der Waals surface area contributed by atoms with E-state index in [1.54, 1.807) is 30.5 Å². The molecule has 1 heterocycles. The third-order valence-electron chi connectivity index (χ3n) is 3.84. The Labute approximate surface area is 157 Å². The molecule has 0 aliphatic carbocycles. The van der Waals surface area contributed by atoms with Gasteiger partial charge in [0.25, 0.3) is 11.8 Å². The average molecular weight is 363 g/mol. The smallest absolute Gasteiger partial charge is 0.277 e. The number of aromatic nitrogens is 3. The normalized spacial score (nSPS) is 10.6. The maximum atomic E-state index is 12.5. The molecule has 0 unspecified atom stereocenters. The van der Waals surface area contributed by atoms with E-state index >= 15 is 0 Å². The van der Waals surface area contributed by atoms with Crippen molar-refractivity contribution in [1.82, 2.24) is 20.3 Å². The van der Waals surface area contributed by atoms with Crippen LogP contribution >= 0.6 is 0 Å². The van der Waals surface area contributed by atoms with Crippen molar-refractivity contribution in [3.63, 3.8) is 0 Å². The number of hydrogen-bond acceptors (Lipinski definition) is 4. The number of rotatable bonds is 6. The Bertz CT molecular complexity index is 934. The topological polar surface area (TPSA) is 88.9 Å². The molecule has 1 aromatic heterocycles. The number of carbonyl (C=O) groups excluding carboxylic acids is 2. The minimum absolute atomic E-state index is 0.163. The highest BCUT2D eigenvalue weighted by Gasteiger charge is 2.16. The van der Waals surface area contributed by atoms with E-state index in [0.29, 0.717) is 23.7 Å². The predicted octanol–water partition coefficient (Wildman–Crippen LogP) is 2.91. The summed E-state index contributed by atoms with van der Waals surface area (Å²) in [5, 5.41) is 13.5. The molecule has 0 fully saturated rings. The summed E-state index contributed by atoms with van der Waals surface area (Å²) < 4.78 is 1.52.